The second kappa shape index (κ2) is 7.75. The van der Waals surface area contributed by atoms with Crippen molar-refractivity contribution in [2.75, 3.05) is 13.1 Å². The number of fused-ring (bicyclic) bond motifs is 1. The van der Waals surface area contributed by atoms with Gasteiger partial charge in [-0.25, -0.2) is 4.98 Å². The van der Waals surface area contributed by atoms with Crippen LogP contribution < -0.4 is 16.2 Å². The predicted octanol–water partition coefficient (Wildman–Crippen LogP) is 0.844. The van der Waals surface area contributed by atoms with Crippen LogP contribution in [0.15, 0.2) is 35.4 Å². The minimum atomic E-state index is -0.398. The molecule has 0 fully saturated rings. The maximum atomic E-state index is 12.2. The Kier molecular flexibility index (Phi) is 6.33. The van der Waals surface area contributed by atoms with Crippen LogP contribution >= 0.6 is 12.4 Å². The molecule has 2 N–H and O–H groups in total. The van der Waals surface area contributed by atoms with E-state index in [4.69, 9.17) is 0 Å². The molecule has 0 saturated carbocycles. The van der Waals surface area contributed by atoms with E-state index in [1.165, 1.54) is 10.6 Å². The molecule has 114 valence electrons. The smallest absolute Gasteiger partial charge is 0.270 e. The third-order valence-electron chi connectivity index (χ3n) is 2.98. The lowest BCUT2D eigenvalue weighted by molar-refractivity contribution is 0.0948. The minimum absolute atomic E-state index is 0. The number of likely N-dealkylation sites (N-methyl/N-ethyl adjacent to an activating group) is 1. The summed E-state index contributed by atoms with van der Waals surface area (Å²) < 4.78 is 1.36. The zero-order chi connectivity index (χ0) is 14.5. The van der Waals surface area contributed by atoms with Crippen molar-refractivity contribution in [2.45, 2.75) is 19.9 Å². The topological polar surface area (TPSA) is 75.5 Å². The van der Waals surface area contributed by atoms with E-state index in [1.807, 2.05) is 13.8 Å². The lowest BCUT2D eigenvalue weighted by Crippen LogP contribution is -2.40. The van der Waals surface area contributed by atoms with Crippen molar-refractivity contribution in [3.05, 3.63) is 46.5 Å². The summed E-state index contributed by atoms with van der Waals surface area (Å²) in [5.41, 5.74) is 0.219. The van der Waals surface area contributed by atoms with Gasteiger partial charge in [-0.2, -0.15) is 0 Å². The average molecular weight is 311 g/mol. The first-order valence-electron chi connectivity index (χ1n) is 6.61. The van der Waals surface area contributed by atoms with Gasteiger partial charge in [-0.3, -0.25) is 14.0 Å². The van der Waals surface area contributed by atoms with Crippen molar-refractivity contribution >= 4 is 24.0 Å². The van der Waals surface area contributed by atoms with Crippen LogP contribution in [-0.4, -0.2) is 34.4 Å². The van der Waals surface area contributed by atoms with Crippen molar-refractivity contribution < 1.29 is 4.79 Å². The van der Waals surface area contributed by atoms with Crippen molar-refractivity contribution in [3.8, 4) is 0 Å². The molecule has 0 aliphatic rings. The number of aromatic nitrogens is 2. The molecule has 2 heterocycles. The zero-order valence-electron chi connectivity index (χ0n) is 12.0. The van der Waals surface area contributed by atoms with Gasteiger partial charge >= 0.3 is 0 Å². The van der Waals surface area contributed by atoms with E-state index in [9.17, 15) is 9.59 Å². The molecule has 6 nitrogen and oxygen atoms in total. The van der Waals surface area contributed by atoms with E-state index in [0.29, 0.717) is 12.2 Å². The number of carbonyl (C=O) groups excluding carboxylic acids is 1. The fourth-order valence-corrected chi connectivity index (χ4v) is 1.94. The summed E-state index contributed by atoms with van der Waals surface area (Å²) in [5, 5.41) is 5.92. The molecule has 2 rings (SSSR count). The molecule has 0 unspecified atom stereocenters. The first kappa shape index (κ1) is 17.1. The van der Waals surface area contributed by atoms with Crippen LogP contribution in [-0.2, 0) is 0 Å². The van der Waals surface area contributed by atoms with Gasteiger partial charge in [0.25, 0.3) is 11.5 Å². The average Bonchev–Trinajstić information content (AvgIpc) is 2.46. The first-order chi connectivity index (χ1) is 9.63. The molecule has 0 aromatic carbocycles. The largest absolute Gasteiger partial charge is 0.350 e. The fraction of sp³-hybridized carbons (Fsp3) is 0.357. The maximum absolute atomic E-state index is 12.2. The van der Waals surface area contributed by atoms with E-state index in [0.717, 1.165) is 6.54 Å². The Bertz CT molecular complexity index is 671. The number of nitrogens with zero attached hydrogens (tertiary/aromatic N) is 2. The van der Waals surface area contributed by atoms with Crippen molar-refractivity contribution in [2.24, 2.45) is 0 Å². The number of nitrogens with one attached hydrogen (secondary N) is 2. The van der Waals surface area contributed by atoms with Gasteiger partial charge in [-0.1, -0.05) is 13.0 Å². The summed E-state index contributed by atoms with van der Waals surface area (Å²) in [6.07, 6.45) is 2.92. The highest BCUT2D eigenvalue weighted by Gasteiger charge is 2.13. The Balaban J connectivity index is 0.00000220. The number of amides is 1. The van der Waals surface area contributed by atoms with Crippen molar-refractivity contribution in [1.82, 2.24) is 20.0 Å². The lowest BCUT2D eigenvalue weighted by Gasteiger charge is -2.13. The van der Waals surface area contributed by atoms with E-state index >= 15 is 0 Å². The number of hydrogen-bond acceptors (Lipinski definition) is 4. The number of halogens is 1. The van der Waals surface area contributed by atoms with E-state index < -0.39 is 5.91 Å². The molecule has 1 atom stereocenters. The molecular formula is C14H19ClN4O2. The highest BCUT2D eigenvalue weighted by atomic mass is 35.5. The molecule has 0 spiro atoms. The Morgan fingerprint density at radius 1 is 1.43 bits per heavy atom. The SMILES string of the molecule is CCN[C@H](C)CNC(=O)c1cnc2ccccn2c1=O.Cl. The standard InChI is InChI=1S/C14H18N4O2.ClH/c1-3-15-10(2)8-17-13(19)11-9-16-12-6-4-5-7-18(12)14(11)20;/h4-7,9-10,15H,3,8H2,1-2H3,(H,17,19);1H/t10-;/m1./s1. The molecule has 2 aromatic rings. The van der Waals surface area contributed by atoms with Gasteiger partial charge in [0.05, 0.1) is 0 Å². The van der Waals surface area contributed by atoms with Gasteiger partial charge in [0.15, 0.2) is 0 Å². The second-order valence-corrected chi connectivity index (χ2v) is 4.57. The van der Waals surface area contributed by atoms with Crippen molar-refractivity contribution in [1.29, 1.82) is 0 Å². The third kappa shape index (κ3) is 4.03. The summed E-state index contributed by atoms with van der Waals surface area (Å²) in [5.74, 6) is -0.398. The number of hydrogen-bond donors (Lipinski definition) is 2. The highest BCUT2D eigenvalue weighted by molar-refractivity contribution is 5.93. The molecule has 7 heteroatoms. The third-order valence-corrected chi connectivity index (χ3v) is 2.98. The Morgan fingerprint density at radius 3 is 2.90 bits per heavy atom. The summed E-state index contributed by atoms with van der Waals surface area (Å²) in [6, 6.07) is 5.39. The molecule has 1 amide bonds. The molecule has 2 aromatic heterocycles. The fourth-order valence-electron chi connectivity index (χ4n) is 1.94. The van der Waals surface area contributed by atoms with E-state index in [2.05, 4.69) is 15.6 Å². The Hall–Kier alpha value is -1.92. The number of rotatable bonds is 5. The van der Waals surface area contributed by atoms with Gasteiger partial charge in [0.2, 0.25) is 0 Å². The van der Waals surface area contributed by atoms with Gasteiger partial charge in [-0.05, 0) is 25.6 Å². The maximum Gasteiger partial charge on any atom is 0.270 e. The summed E-state index contributed by atoms with van der Waals surface area (Å²) in [7, 11) is 0. The molecule has 0 radical (unpaired) electrons. The van der Waals surface area contributed by atoms with Gasteiger partial charge in [0, 0.05) is 25.0 Å². The summed E-state index contributed by atoms with van der Waals surface area (Å²) >= 11 is 0. The molecule has 0 aliphatic carbocycles. The van der Waals surface area contributed by atoms with Crippen LogP contribution in [0.5, 0.6) is 0 Å². The van der Waals surface area contributed by atoms with Crippen LogP contribution in [0.25, 0.3) is 5.65 Å². The Labute approximate surface area is 129 Å². The second-order valence-electron chi connectivity index (χ2n) is 4.57. The van der Waals surface area contributed by atoms with Crippen molar-refractivity contribution in [3.63, 3.8) is 0 Å². The first-order valence-corrected chi connectivity index (χ1v) is 6.61. The molecule has 0 bridgehead atoms. The molecular weight excluding hydrogens is 292 g/mol. The van der Waals surface area contributed by atoms with Gasteiger partial charge in [-0.15, -0.1) is 12.4 Å². The highest BCUT2D eigenvalue weighted by Crippen LogP contribution is 1.97. The summed E-state index contributed by atoms with van der Waals surface area (Å²) in [6.45, 7) is 5.26. The van der Waals surface area contributed by atoms with Crippen LogP contribution in [0.1, 0.15) is 24.2 Å². The van der Waals surface area contributed by atoms with Crippen LogP contribution in [0, 0.1) is 0 Å². The van der Waals surface area contributed by atoms with Gasteiger partial charge < -0.3 is 10.6 Å². The van der Waals surface area contributed by atoms with Crippen LogP contribution in [0.3, 0.4) is 0 Å². The van der Waals surface area contributed by atoms with E-state index in [-0.39, 0.29) is 29.6 Å². The normalized spacial score (nSPS) is 11.7. The molecule has 0 saturated heterocycles. The quantitative estimate of drug-likeness (QED) is 0.858. The lowest BCUT2D eigenvalue weighted by atomic mass is 10.2. The van der Waals surface area contributed by atoms with Crippen LogP contribution in [0.2, 0.25) is 0 Å². The number of carbonyl (C=O) groups is 1. The minimum Gasteiger partial charge on any atom is -0.350 e. The molecule has 0 aliphatic heterocycles. The number of pyridine rings is 1. The summed E-state index contributed by atoms with van der Waals surface area (Å²) in [4.78, 5) is 28.3. The van der Waals surface area contributed by atoms with Gasteiger partial charge in [0.1, 0.15) is 11.2 Å². The Morgan fingerprint density at radius 2 is 2.19 bits per heavy atom. The monoisotopic (exact) mass is 310 g/mol. The predicted molar refractivity (Wildman–Crippen MR) is 84.2 cm³/mol. The molecule has 21 heavy (non-hydrogen) atoms. The van der Waals surface area contributed by atoms with E-state index in [1.54, 1.807) is 24.4 Å². The van der Waals surface area contributed by atoms with Crippen LogP contribution in [0.4, 0.5) is 0 Å². The zero-order valence-corrected chi connectivity index (χ0v) is 12.8.